The van der Waals surface area contributed by atoms with Gasteiger partial charge < -0.3 is 10.1 Å². The van der Waals surface area contributed by atoms with Gasteiger partial charge >= 0.3 is 11.8 Å². The molecule has 0 radical (unpaired) electrons. The van der Waals surface area contributed by atoms with Gasteiger partial charge in [-0.05, 0) is 58.1 Å². The van der Waals surface area contributed by atoms with E-state index < -0.39 is 17.4 Å². The Morgan fingerprint density at radius 3 is 2.47 bits per heavy atom. The summed E-state index contributed by atoms with van der Waals surface area (Å²) >= 11 is 1.34. The van der Waals surface area contributed by atoms with E-state index in [4.69, 9.17) is 4.74 Å². The van der Waals surface area contributed by atoms with Crippen LogP contribution >= 0.6 is 11.3 Å². The molecule has 1 aliphatic carbocycles. The molecule has 9 heteroatoms. The number of rotatable bonds is 4. The number of hydrogen-bond acceptors (Lipinski definition) is 6. The van der Waals surface area contributed by atoms with Gasteiger partial charge in [-0.1, -0.05) is 30.3 Å². The summed E-state index contributed by atoms with van der Waals surface area (Å²) < 4.78 is 8.51. The summed E-state index contributed by atoms with van der Waals surface area (Å²) in [5.41, 5.74) is 0.107. The molecule has 0 bridgehead atoms. The maximum atomic E-state index is 13.5. The molecule has 0 unspecified atom stereocenters. The number of nitrogens with one attached hydrogen (secondary N) is 1. The zero-order valence-electron chi connectivity index (χ0n) is 19.5. The van der Waals surface area contributed by atoms with Crippen LogP contribution in [0, 0.1) is 11.3 Å². The van der Waals surface area contributed by atoms with Gasteiger partial charge in [0, 0.05) is 17.0 Å². The van der Waals surface area contributed by atoms with Gasteiger partial charge in [-0.25, -0.2) is 9.59 Å². The lowest BCUT2D eigenvalue weighted by Gasteiger charge is -2.30. The molecule has 0 aliphatic heterocycles. The molecular formula is C25H28N4O4S. The van der Waals surface area contributed by atoms with Crippen LogP contribution in [-0.2, 0) is 11.3 Å². The average Bonchev–Trinajstić information content (AvgIpc) is 3.23. The Hall–Kier alpha value is -3.38. The van der Waals surface area contributed by atoms with E-state index in [2.05, 4.69) is 11.4 Å². The third-order valence-electron chi connectivity index (χ3n) is 5.92. The number of carbonyl (C=O) groups is 1. The van der Waals surface area contributed by atoms with Crippen molar-refractivity contribution >= 4 is 27.6 Å². The number of carbonyl (C=O) groups excluding carboxylic acids is 1. The van der Waals surface area contributed by atoms with E-state index in [1.165, 1.54) is 20.5 Å². The minimum Gasteiger partial charge on any atom is -0.444 e. The molecule has 8 nitrogen and oxygen atoms in total. The summed E-state index contributed by atoms with van der Waals surface area (Å²) in [6, 6.07) is 13.2. The highest BCUT2D eigenvalue weighted by molar-refractivity contribution is 7.22. The maximum Gasteiger partial charge on any atom is 0.407 e. The number of nitriles is 1. The molecule has 0 atom stereocenters. The number of amides is 1. The van der Waals surface area contributed by atoms with Crippen molar-refractivity contribution in [1.29, 1.82) is 5.26 Å². The number of fused-ring (bicyclic) bond motifs is 1. The molecule has 0 saturated heterocycles. The summed E-state index contributed by atoms with van der Waals surface area (Å²) in [5.74, 6) is 0. The van der Waals surface area contributed by atoms with Crippen molar-refractivity contribution in [2.24, 2.45) is 0 Å². The lowest BCUT2D eigenvalue weighted by Crippen LogP contribution is -2.45. The second kappa shape index (κ2) is 9.47. The molecule has 1 saturated carbocycles. The lowest BCUT2D eigenvalue weighted by atomic mass is 9.91. The minimum absolute atomic E-state index is 0.0710. The van der Waals surface area contributed by atoms with Crippen LogP contribution in [0.25, 0.3) is 20.7 Å². The van der Waals surface area contributed by atoms with Gasteiger partial charge in [-0.2, -0.15) is 5.26 Å². The topological polar surface area (TPSA) is 106 Å². The minimum atomic E-state index is -0.574. The van der Waals surface area contributed by atoms with Crippen molar-refractivity contribution in [2.45, 2.75) is 70.7 Å². The quantitative estimate of drug-likeness (QED) is 0.595. The Kier molecular flexibility index (Phi) is 6.62. The van der Waals surface area contributed by atoms with Crippen LogP contribution in [0.15, 0.2) is 46.0 Å². The fourth-order valence-corrected chi connectivity index (χ4v) is 5.51. The first-order valence-electron chi connectivity index (χ1n) is 11.4. The van der Waals surface area contributed by atoms with Gasteiger partial charge in [0.05, 0.1) is 11.6 Å². The SMILES string of the molecule is CC(C)(C)OC(=O)NC1CCC(n2c(=O)c3sc(-c4ccccc4)cc3n(CC#N)c2=O)CC1. The van der Waals surface area contributed by atoms with E-state index in [0.717, 1.165) is 10.4 Å². The fraction of sp³-hybridized carbons (Fsp3) is 0.440. The van der Waals surface area contributed by atoms with Crippen LogP contribution in [0.5, 0.6) is 0 Å². The number of thiophene rings is 1. The van der Waals surface area contributed by atoms with Gasteiger partial charge in [0.1, 0.15) is 16.8 Å². The van der Waals surface area contributed by atoms with Crippen molar-refractivity contribution in [1.82, 2.24) is 14.5 Å². The highest BCUT2D eigenvalue weighted by atomic mass is 32.1. The third-order valence-corrected chi connectivity index (χ3v) is 7.08. The predicted molar refractivity (Wildman–Crippen MR) is 132 cm³/mol. The van der Waals surface area contributed by atoms with Crippen LogP contribution in [0.4, 0.5) is 4.79 Å². The second-order valence-corrected chi connectivity index (χ2v) is 10.6. The zero-order chi connectivity index (χ0) is 24.5. The van der Waals surface area contributed by atoms with Crippen LogP contribution < -0.4 is 16.6 Å². The molecule has 2 heterocycles. The van der Waals surface area contributed by atoms with Crippen molar-refractivity contribution in [2.75, 3.05) is 0 Å². The first kappa shape index (κ1) is 23.8. The van der Waals surface area contributed by atoms with E-state index >= 15 is 0 Å². The van der Waals surface area contributed by atoms with Crippen molar-refractivity contribution in [3.63, 3.8) is 0 Å². The van der Waals surface area contributed by atoms with Gasteiger partial charge in [-0.3, -0.25) is 13.9 Å². The first-order valence-corrected chi connectivity index (χ1v) is 12.2. The maximum absolute atomic E-state index is 13.5. The molecule has 1 N–H and O–H groups in total. The summed E-state index contributed by atoms with van der Waals surface area (Å²) in [6.07, 6.45) is 1.95. The molecule has 1 amide bonds. The smallest absolute Gasteiger partial charge is 0.407 e. The number of alkyl carbamates (subject to hydrolysis) is 1. The highest BCUT2D eigenvalue weighted by Gasteiger charge is 2.29. The molecule has 1 fully saturated rings. The molecular weight excluding hydrogens is 452 g/mol. The predicted octanol–water partition coefficient (Wildman–Crippen LogP) is 4.42. The van der Waals surface area contributed by atoms with Crippen LogP contribution in [0.3, 0.4) is 0 Å². The average molecular weight is 481 g/mol. The largest absolute Gasteiger partial charge is 0.444 e. The summed E-state index contributed by atoms with van der Waals surface area (Å²) in [5, 5.41) is 12.2. The monoisotopic (exact) mass is 480 g/mol. The number of benzene rings is 1. The number of ether oxygens (including phenoxy) is 1. The third kappa shape index (κ3) is 4.92. The van der Waals surface area contributed by atoms with Crippen LogP contribution in [-0.4, -0.2) is 26.9 Å². The highest BCUT2D eigenvalue weighted by Crippen LogP contribution is 2.32. The van der Waals surface area contributed by atoms with Gasteiger partial charge in [0.15, 0.2) is 0 Å². The molecule has 178 valence electrons. The Labute approximate surface area is 201 Å². The molecule has 34 heavy (non-hydrogen) atoms. The molecule has 1 aromatic carbocycles. The van der Waals surface area contributed by atoms with E-state index in [-0.39, 0.29) is 24.2 Å². The normalized spacial score (nSPS) is 18.4. The number of aromatic nitrogens is 2. The lowest BCUT2D eigenvalue weighted by molar-refractivity contribution is 0.0487. The van der Waals surface area contributed by atoms with Crippen LogP contribution in [0.2, 0.25) is 0 Å². The van der Waals surface area contributed by atoms with E-state index in [1.807, 2.05) is 57.2 Å². The Morgan fingerprint density at radius 2 is 1.85 bits per heavy atom. The molecule has 3 aromatic rings. The number of hydrogen-bond donors (Lipinski definition) is 1. The van der Waals surface area contributed by atoms with Crippen molar-refractivity contribution in [3.05, 3.63) is 57.2 Å². The molecule has 0 spiro atoms. The first-order chi connectivity index (χ1) is 16.2. The van der Waals surface area contributed by atoms with Gasteiger partial charge in [0.2, 0.25) is 0 Å². The second-order valence-electron chi connectivity index (χ2n) is 9.54. The summed E-state index contributed by atoms with van der Waals surface area (Å²) in [7, 11) is 0. The van der Waals surface area contributed by atoms with E-state index in [9.17, 15) is 19.6 Å². The van der Waals surface area contributed by atoms with Crippen LogP contribution in [0.1, 0.15) is 52.5 Å². The van der Waals surface area contributed by atoms with Gasteiger partial charge in [-0.15, -0.1) is 11.3 Å². The molecule has 2 aromatic heterocycles. The summed E-state index contributed by atoms with van der Waals surface area (Å²) in [6.45, 7) is 5.31. The molecule has 4 rings (SSSR count). The van der Waals surface area contributed by atoms with E-state index in [0.29, 0.717) is 35.9 Å². The van der Waals surface area contributed by atoms with Crippen molar-refractivity contribution in [3.8, 4) is 16.5 Å². The standard InChI is InChI=1S/C25H28N4O4S/c1-25(2,3)33-23(31)27-17-9-11-18(12-10-17)29-22(30)21-19(28(14-13-26)24(29)32)15-20(34-21)16-7-5-4-6-8-16/h4-8,15,17-18H,9-12,14H2,1-3H3,(H,27,31). The van der Waals surface area contributed by atoms with Crippen molar-refractivity contribution < 1.29 is 9.53 Å². The molecule has 1 aliphatic rings. The summed E-state index contributed by atoms with van der Waals surface area (Å²) in [4.78, 5) is 39.8. The number of nitrogens with zero attached hydrogens (tertiary/aromatic N) is 3. The van der Waals surface area contributed by atoms with E-state index in [1.54, 1.807) is 0 Å². The fourth-order valence-electron chi connectivity index (χ4n) is 4.41. The Bertz CT molecular complexity index is 1350. The zero-order valence-corrected chi connectivity index (χ0v) is 20.4. The van der Waals surface area contributed by atoms with Gasteiger partial charge in [0.25, 0.3) is 5.56 Å². The Morgan fingerprint density at radius 1 is 1.18 bits per heavy atom. The Balaban J connectivity index is 1.63.